The lowest BCUT2D eigenvalue weighted by Crippen LogP contribution is -2.49. The largest absolute Gasteiger partial charge is 0.350 e. The first-order valence-electron chi connectivity index (χ1n) is 7.00. The number of piperidine rings is 1. The van der Waals surface area contributed by atoms with Gasteiger partial charge < -0.3 is 10.6 Å². The zero-order chi connectivity index (χ0) is 13.4. The van der Waals surface area contributed by atoms with Crippen LogP contribution in [0.3, 0.4) is 0 Å². The monoisotopic (exact) mass is 259 g/mol. The molecule has 2 atom stereocenters. The summed E-state index contributed by atoms with van der Waals surface area (Å²) in [6.07, 6.45) is 7.33. The molecule has 1 aliphatic heterocycles. The highest BCUT2D eigenvalue weighted by atomic mass is 15.3. The van der Waals surface area contributed by atoms with E-state index in [1.165, 1.54) is 12.8 Å². The molecule has 3 rings (SSSR count). The zero-order valence-electron chi connectivity index (χ0n) is 11.6. The molecule has 102 valence electrons. The van der Waals surface area contributed by atoms with Crippen LogP contribution in [0.25, 0.3) is 5.52 Å². The van der Waals surface area contributed by atoms with E-state index in [0.29, 0.717) is 6.04 Å². The number of hydrogen-bond donors (Lipinski definition) is 1. The number of nitrogens with two attached hydrogens (primary N) is 1. The average Bonchev–Trinajstić information content (AvgIpc) is 2.78. The first kappa shape index (κ1) is 12.4. The van der Waals surface area contributed by atoms with Crippen LogP contribution in [0.15, 0.2) is 18.5 Å². The van der Waals surface area contributed by atoms with Crippen LogP contribution in [0.4, 0.5) is 5.82 Å². The second kappa shape index (κ2) is 4.81. The summed E-state index contributed by atoms with van der Waals surface area (Å²) in [5.74, 6) is 1.02. The minimum Gasteiger partial charge on any atom is -0.350 e. The maximum absolute atomic E-state index is 6.15. The molecule has 2 N–H and O–H groups in total. The lowest BCUT2D eigenvalue weighted by Gasteiger charge is -2.39. The molecule has 0 amide bonds. The van der Waals surface area contributed by atoms with Crippen LogP contribution in [-0.4, -0.2) is 33.2 Å². The molecule has 2 aromatic rings. The quantitative estimate of drug-likeness (QED) is 0.892. The fourth-order valence-electron chi connectivity index (χ4n) is 3.02. The van der Waals surface area contributed by atoms with Crippen molar-refractivity contribution in [2.24, 2.45) is 5.73 Å². The van der Waals surface area contributed by atoms with Crippen molar-refractivity contribution < 1.29 is 0 Å². The Kier molecular flexibility index (Phi) is 3.14. The molecule has 2 unspecified atom stereocenters. The molecule has 5 heteroatoms. The topological polar surface area (TPSA) is 59.5 Å². The Bertz CT molecular complexity index is 574. The highest BCUT2D eigenvalue weighted by Crippen LogP contribution is 2.28. The van der Waals surface area contributed by atoms with Gasteiger partial charge in [0.25, 0.3) is 0 Å². The van der Waals surface area contributed by atoms with Crippen molar-refractivity contribution >= 4 is 11.3 Å². The maximum Gasteiger partial charge on any atom is 0.154 e. The molecule has 0 saturated carbocycles. The third-order valence-corrected chi connectivity index (χ3v) is 3.92. The van der Waals surface area contributed by atoms with E-state index in [4.69, 9.17) is 5.73 Å². The number of hydrogen-bond acceptors (Lipinski definition) is 4. The average molecular weight is 259 g/mol. The number of aromatic nitrogens is 3. The Morgan fingerprint density at radius 2 is 2.26 bits per heavy atom. The molecule has 1 aliphatic rings. The molecule has 0 aliphatic carbocycles. The van der Waals surface area contributed by atoms with Crippen molar-refractivity contribution in [2.75, 3.05) is 11.4 Å². The predicted octanol–water partition coefficient (Wildman–Crippen LogP) is 1.74. The van der Waals surface area contributed by atoms with Gasteiger partial charge in [0.1, 0.15) is 5.52 Å². The third kappa shape index (κ3) is 2.18. The van der Waals surface area contributed by atoms with E-state index in [2.05, 4.69) is 28.0 Å². The van der Waals surface area contributed by atoms with Gasteiger partial charge in [-0.05, 0) is 39.2 Å². The van der Waals surface area contributed by atoms with Crippen molar-refractivity contribution in [3.63, 3.8) is 0 Å². The van der Waals surface area contributed by atoms with Crippen LogP contribution >= 0.6 is 0 Å². The van der Waals surface area contributed by atoms with Crippen molar-refractivity contribution in [2.45, 2.75) is 45.2 Å². The summed E-state index contributed by atoms with van der Waals surface area (Å²) < 4.78 is 1.91. The van der Waals surface area contributed by atoms with Gasteiger partial charge in [-0.2, -0.15) is 5.10 Å². The normalized spacial score (nSPS) is 21.8. The SMILES string of the molecule is Cc1cc2c(N3CCCCC3C(C)N)nccn2n1. The molecule has 2 aromatic heterocycles. The van der Waals surface area contributed by atoms with Gasteiger partial charge in [0.15, 0.2) is 5.82 Å². The van der Waals surface area contributed by atoms with E-state index in [-0.39, 0.29) is 6.04 Å². The van der Waals surface area contributed by atoms with Crippen molar-refractivity contribution in [1.82, 2.24) is 14.6 Å². The Morgan fingerprint density at radius 1 is 1.42 bits per heavy atom. The fraction of sp³-hybridized carbons (Fsp3) is 0.571. The van der Waals surface area contributed by atoms with Crippen molar-refractivity contribution in [3.8, 4) is 0 Å². The molecule has 1 fully saturated rings. The predicted molar refractivity (Wildman–Crippen MR) is 76.4 cm³/mol. The summed E-state index contributed by atoms with van der Waals surface area (Å²) in [5.41, 5.74) is 8.25. The molecule has 0 bridgehead atoms. The van der Waals surface area contributed by atoms with Gasteiger partial charge in [-0.25, -0.2) is 9.50 Å². The van der Waals surface area contributed by atoms with Crippen LogP contribution in [0.1, 0.15) is 31.9 Å². The highest BCUT2D eigenvalue weighted by molar-refractivity contribution is 5.69. The second-order valence-corrected chi connectivity index (χ2v) is 5.48. The second-order valence-electron chi connectivity index (χ2n) is 5.48. The highest BCUT2D eigenvalue weighted by Gasteiger charge is 2.27. The van der Waals surface area contributed by atoms with E-state index in [1.54, 1.807) is 0 Å². The zero-order valence-corrected chi connectivity index (χ0v) is 11.6. The fourth-order valence-corrected chi connectivity index (χ4v) is 3.02. The van der Waals surface area contributed by atoms with E-state index in [0.717, 1.165) is 30.0 Å². The summed E-state index contributed by atoms with van der Waals surface area (Å²) in [6, 6.07) is 2.63. The minimum atomic E-state index is 0.159. The maximum atomic E-state index is 6.15. The van der Waals surface area contributed by atoms with Gasteiger partial charge >= 0.3 is 0 Å². The van der Waals surface area contributed by atoms with Crippen molar-refractivity contribution in [1.29, 1.82) is 0 Å². The molecule has 0 spiro atoms. The minimum absolute atomic E-state index is 0.159. The molecule has 3 heterocycles. The smallest absolute Gasteiger partial charge is 0.154 e. The van der Waals surface area contributed by atoms with E-state index in [1.807, 2.05) is 23.8 Å². The number of rotatable bonds is 2. The summed E-state index contributed by atoms with van der Waals surface area (Å²) in [6.45, 7) is 5.13. The van der Waals surface area contributed by atoms with E-state index < -0.39 is 0 Å². The van der Waals surface area contributed by atoms with Crippen LogP contribution in [0, 0.1) is 6.92 Å². The summed E-state index contributed by atoms with van der Waals surface area (Å²) >= 11 is 0. The summed E-state index contributed by atoms with van der Waals surface area (Å²) in [7, 11) is 0. The first-order chi connectivity index (χ1) is 9.16. The number of aryl methyl sites for hydroxylation is 1. The lowest BCUT2D eigenvalue weighted by atomic mass is 9.97. The van der Waals surface area contributed by atoms with E-state index in [9.17, 15) is 0 Å². The molecule has 19 heavy (non-hydrogen) atoms. The van der Waals surface area contributed by atoms with Gasteiger partial charge in [-0.15, -0.1) is 0 Å². The first-order valence-corrected chi connectivity index (χ1v) is 7.00. The number of fused-ring (bicyclic) bond motifs is 1. The Balaban J connectivity index is 2.06. The van der Waals surface area contributed by atoms with Gasteiger partial charge in [0.05, 0.1) is 5.69 Å². The number of nitrogens with zero attached hydrogens (tertiary/aromatic N) is 4. The molecule has 0 aromatic carbocycles. The third-order valence-electron chi connectivity index (χ3n) is 3.92. The Labute approximate surface area is 113 Å². The molecule has 1 saturated heterocycles. The van der Waals surface area contributed by atoms with Crippen molar-refractivity contribution in [3.05, 3.63) is 24.2 Å². The lowest BCUT2D eigenvalue weighted by molar-refractivity contribution is 0.411. The van der Waals surface area contributed by atoms with Crippen LogP contribution < -0.4 is 10.6 Å². The van der Waals surface area contributed by atoms with E-state index >= 15 is 0 Å². The molecular weight excluding hydrogens is 238 g/mol. The standard InChI is InChI=1S/C14H21N5/c1-10-9-13-14(16-6-8-19(13)17-10)18-7-4-3-5-12(18)11(2)15/h6,8-9,11-12H,3-5,7,15H2,1-2H3. The number of anilines is 1. The Hall–Kier alpha value is -1.62. The Morgan fingerprint density at radius 3 is 3.05 bits per heavy atom. The van der Waals surface area contributed by atoms with Gasteiger partial charge in [-0.1, -0.05) is 0 Å². The van der Waals surface area contributed by atoms with Gasteiger partial charge in [0, 0.05) is 31.0 Å². The molecule has 0 radical (unpaired) electrons. The van der Waals surface area contributed by atoms with Crippen LogP contribution in [-0.2, 0) is 0 Å². The molecule has 5 nitrogen and oxygen atoms in total. The van der Waals surface area contributed by atoms with Crippen LogP contribution in [0.2, 0.25) is 0 Å². The molecular formula is C14H21N5. The summed E-state index contributed by atoms with van der Waals surface area (Å²) in [4.78, 5) is 6.95. The van der Waals surface area contributed by atoms with Gasteiger partial charge in [-0.3, -0.25) is 0 Å². The van der Waals surface area contributed by atoms with Gasteiger partial charge in [0.2, 0.25) is 0 Å². The summed E-state index contributed by atoms with van der Waals surface area (Å²) in [5, 5.41) is 4.46. The van der Waals surface area contributed by atoms with Crippen LogP contribution in [0.5, 0.6) is 0 Å².